The molecule has 0 N–H and O–H groups in total. The van der Waals surface area contributed by atoms with Crippen molar-refractivity contribution < 1.29 is 13.2 Å². The third kappa shape index (κ3) is 2.82. The second-order valence-corrected chi connectivity index (χ2v) is 5.31. The van der Waals surface area contributed by atoms with Gasteiger partial charge in [0.05, 0.1) is 10.7 Å². The highest BCUT2D eigenvalue weighted by Gasteiger charge is 2.39. The minimum atomic E-state index is -4.44. The Kier molecular flexibility index (Phi) is 3.90. The van der Waals surface area contributed by atoms with Crippen molar-refractivity contribution in [1.82, 2.24) is 9.78 Å². The van der Waals surface area contributed by atoms with E-state index >= 15 is 0 Å². The largest absolute Gasteiger partial charge is 0.434 e. The Hall–Kier alpha value is -0.710. The number of halogens is 4. The van der Waals surface area contributed by atoms with Gasteiger partial charge in [-0.1, -0.05) is 30.9 Å². The van der Waals surface area contributed by atoms with Gasteiger partial charge in [0.25, 0.3) is 0 Å². The number of rotatable bonds is 2. The molecule has 0 aromatic carbocycles. The molecule has 1 fully saturated rings. The molecule has 2 nitrogen and oxygen atoms in total. The Morgan fingerprint density at radius 1 is 1.28 bits per heavy atom. The van der Waals surface area contributed by atoms with Crippen LogP contribution in [0.25, 0.3) is 0 Å². The number of aryl methyl sites for hydroxylation is 1. The van der Waals surface area contributed by atoms with Gasteiger partial charge in [-0.3, -0.25) is 4.68 Å². The fraction of sp³-hybridized carbons (Fsp3) is 0.750. The molecular formula is C12H16ClF3N2. The van der Waals surface area contributed by atoms with E-state index in [1.54, 1.807) is 0 Å². The van der Waals surface area contributed by atoms with E-state index < -0.39 is 11.9 Å². The van der Waals surface area contributed by atoms with E-state index in [-0.39, 0.29) is 16.6 Å². The Morgan fingerprint density at radius 2 is 1.89 bits per heavy atom. The summed E-state index contributed by atoms with van der Waals surface area (Å²) in [5.74, 6) is 0.287. The Morgan fingerprint density at radius 3 is 2.44 bits per heavy atom. The molecular weight excluding hydrogens is 265 g/mol. The number of aromatic nitrogens is 2. The van der Waals surface area contributed by atoms with Gasteiger partial charge >= 0.3 is 6.18 Å². The van der Waals surface area contributed by atoms with Gasteiger partial charge in [-0.15, -0.1) is 0 Å². The lowest BCUT2D eigenvalue weighted by atomic mass is 9.89. The van der Waals surface area contributed by atoms with Crippen LogP contribution in [0.5, 0.6) is 0 Å². The predicted molar refractivity (Wildman–Crippen MR) is 63.6 cm³/mol. The van der Waals surface area contributed by atoms with E-state index in [0.717, 1.165) is 30.4 Å². The van der Waals surface area contributed by atoms with Crippen LogP contribution in [-0.4, -0.2) is 9.78 Å². The van der Waals surface area contributed by atoms with Gasteiger partial charge in [0.2, 0.25) is 0 Å². The van der Waals surface area contributed by atoms with Crippen molar-refractivity contribution in [1.29, 1.82) is 0 Å². The minimum absolute atomic E-state index is 0.250. The molecule has 0 unspecified atom stereocenters. The zero-order valence-corrected chi connectivity index (χ0v) is 11.0. The number of nitrogens with zero attached hydrogens (tertiary/aromatic N) is 2. The lowest BCUT2D eigenvalue weighted by Crippen LogP contribution is -2.21. The molecule has 2 rings (SSSR count). The number of hydrogen-bond acceptors (Lipinski definition) is 1. The number of alkyl halides is 3. The summed E-state index contributed by atoms with van der Waals surface area (Å²) in [4.78, 5) is 0. The van der Waals surface area contributed by atoms with E-state index in [4.69, 9.17) is 11.6 Å². The van der Waals surface area contributed by atoms with Gasteiger partial charge in [-0.2, -0.15) is 18.3 Å². The summed E-state index contributed by atoms with van der Waals surface area (Å²) in [7, 11) is 0. The molecule has 18 heavy (non-hydrogen) atoms. The molecule has 1 aromatic rings. The molecule has 0 amide bonds. The monoisotopic (exact) mass is 280 g/mol. The normalized spacial score (nSPS) is 18.3. The Bertz CT molecular complexity index is 420. The van der Waals surface area contributed by atoms with Crippen molar-refractivity contribution in [3.63, 3.8) is 0 Å². The van der Waals surface area contributed by atoms with Crippen LogP contribution in [0.1, 0.15) is 43.5 Å². The van der Waals surface area contributed by atoms with Crippen molar-refractivity contribution >= 4 is 11.6 Å². The van der Waals surface area contributed by atoms with Gasteiger partial charge in [0.15, 0.2) is 5.69 Å². The summed E-state index contributed by atoms with van der Waals surface area (Å²) in [5, 5.41) is 3.67. The Balaban J connectivity index is 2.24. The first kappa shape index (κ1) is 13.7. The molecule has 102 valence electrons. The topological polar surface area (TPSA) is 17.8 Å². The van der Waals surface area contributed by atoms with Crippen molar-refractivity contribution in [3.8, 4) is 0 Å². The minimum Gasteiger partial charge on any atom is -0.258 e. The molecule has 0 aliphatic heterocycles. The molecule has 1 aromatic heterocycles. The first-order chi connectivity index (χ1) is 8.39. The summed E-state index contributed by atoms with van der Waals surface area (Å²) >= 11 is 5.71. The third-order valence-corrected chi connectivity index (χ3v) is 3.93. The first-order valence-electron chi connectivity index (χ1n) is 6.19. The maximum atomic E-state index is 12.9. The summed E-state index contributed by atoms with van der Waals surface area (Å²) in [6, 6.07) is 0. The van der Waals surface area contributed by atoms with Crippen molar-refractivity contribution in [2.75, 3.05) is 0 Å². The van der Waals surface area contributed by atoms with Crippen LogP contribution in [0.4, 0.5) is 13.2 Å². The molecule has 1 heterocycles. The summed E-state index contributed by atoms with van der Waals surface area (Å²) in [5.41, 5.74) is -0.549. The second-order valence-electron chi connectivity index (χ2n) is 4.93. The summed E-state index contributed by atoms with van der Waals surface area (Å²) < 4.78 is 39.8. The van der Waals surface area contributed by atoms with Crippen LogP contribution in [0.3, 0.4) is 0 Å². The van der Waals surface area contributed by atoms with E-state index in [9.17, 15) is 13.2 Å². The van der Waals surface area contributed by atoms with Crippen LogP contribution in [-0.2, 0) is 12.7 Å². The van der Waals surface area contributed by atoms with Gasteiger partial charge < -0.3 is 0 Å². The molecule has 6 heteroatoms. The van der Waals surface area contributed by atoms with E-state index in [1.165, 1.54) is 13.3 Å². The molecule has 0 radical (unpaired) electrons. The van der Waals surface area contributed by atoms with Gasteiger partial charge in [0.1, 0.15) is 0 Å². The van der Waals surface area contributed by atoms with Crippen molar-refractivity contribution in [3.05, 3.63) is 16.4 Å². The average molecular weight is 281 g/mol. The van der Waals surface area contributed by atoms with Crippen molar-refractivity contribution in [2.24, 2.45) is 5.92 Å². The first-order valence-corrected chi connectivity index (χ1v) is 6.57. The maximum absolute atomic E-state index is 12.9. The van der Waals surface area contributed by atoms with Crippen LogP contribution in [0.2, 0.25) is 5.02 Å². The average Bonchev–Trinajstić information content (AvgIpc) is 2.55. The fourth-order valence-electron chi connectivity index (χ4n) is 2.58. The smallest absolute Gasteiger partial charge is 0.258 e. The lowest BCUT2D eigenvalue weighted by molar-refractivity contribution is -0.144. The standard InChI is InChI=1S/C12H16ClF3N2/c1-8-10(13)11(12(14,15)16)18(17-8)7-9-5-3-2-4-6-9/h9H,2-7H2,1H3. The van der Waals surface area contributed by atoms with Gasteiger partial charge in [-0.25, -0.2) is 0 Å². The Labute approximate surface area is 109 Å². The maximum Gasteiger partial charge on any atom is 0.434 e. The van der Waals surface area contributed by atoms with E-state index in [0.29, 0.717) is 6.54 Å². The summed E-state index contributed by atoms with van der Waals surface area (Å²) in [6.45, 7) is 1.83. The molecule has 0 spiro atoms. The molecule has 1 saturated carbocycles. The SMILES string of the molecule is Cc1nn(CC2CCCCC2)c(C(F)(F)F)c1Cl. The highest BCUT2D eigenvalue weighted by atomic mass is 35.5. The van der Waals surface area contributed by atoms with Crippen molar-refractivity contribution in [2.45, 2.75) is 51.7 Å². The zero-order chi connectivity index (χ0) is 13.3. The zero-order valence-electron chi connectivity index (χ0n) is 10.2. The van der Waals surface area contributed by atoms with E-state index in [2.05, 4.69) is 5.10 Å². The summed E-state index contributed by atoms with van der Waals surface area (Å²) in [6.07, 6.45) is 0.899. The second kappa shape index (κ2) is 5.11. The number of hydrogen-bond donors (Lipinski definition) is 0. The molecule has 1 aliphatic rings. The van der Waals surface area contributed by atoms with Crippen LogP contribution >= 0.6 is 11.6 Å². The molecule has 0 saturated heterocycles. The van der Waals surface area contributed by atoms with Crippen LogP contribution in [0.15, 0.2) is 0 Å². The lowest BCUT2D eigenvalue weighted by Gasteiger charge is -2.22. The van der Waals surface area contributed by atoms with Crippen LogP contribution in [0, 0.1) is 12.8 Å². The molecule has 0 atom stereocenters. The molecule has 1 aliphatic carbocycles. The third-order valence-electron chi connectivity index (χ3n) is 3.48. The highest BCUT2D eigenvalue weighted by molar-refractivity contribution is 6.31. The molecule has 0 bridgehead atoms. The van der Waals surface area contributed by atoms with E-state index in [1.807, 2.05) is 0 Å². The fourth-order valence-corrected chi connectivity index (χ4v) is 2.82. The quantitative estimate of drug-likeness (QED) is 0.783. The highest BCUT2D eigenvalue weighted by Crippen LogP contribution is 2.37. The van der Waals surface area contributed by atoms with Crippen LogP contribution < -0.4 is 0 Å². The van der Waals surface area contributed by atoms with Gasteiger partial charge in [-0.05, 0) is 25.7 Å². The predicted octanol–water partition coefficient (Wildman–Crippen LogP) is 4.44. The van der Waals surface area contributed by atoms with Gasteiger partial charge in [0, 0.05) is 6.54 Å².